The monoisotopic (exact) mass is 419 g/mol. The quantitative estimate of drug-likeness (QED) is 0.430. The van der Waals surface area contributed by atoms with Gasteiger partial charge in [0.05, 0.1) is 6.54 Å². The number of nitrogens with one attached hydrogen (secondary N) is 2. The van der Waals surface area contributed by atoms with Gasteiger partial charge in [-0.1, -0.05) is 0 Å². The van der Waals surface area contributed by atoms with Crippen molar-refractivity contribution in [2.75, 3.05) is 13.1 Å². The van der Waals surface area contributed by atoms with E-state index in [4.69, 9.17) is 0 Å². The van der Waals surface area contributed by atoms with Gasteiger partial charge in [0.25, 0.3) is 0 Å². The maximum absolute atomic E-state index is 4.55. The molecule has 0 spiro atoms. The van der Waals surface area contributed by atoms with Crippen molar-refractivity contribution in [1.29, 1.82) is 0 Å². The van der Waals surface area contributed by atoms with E-state index < -0.39 is 0 Å². The molecule has 0 amide bonds. The van der Waals surface area contributed by atoms with Gasteiger partial charge in [0.2, 0.25) is 0 Å². The molecular weight excluding hydrogens is 397 g/mol. The summed E-state index contributed by atoms with van der Waals surface area (Å²) in [6, 6.07) is 4.06. The first-order chi connectivity index (χ1) is 9.78. The normalized spacial score (nSPS) is 11.0. The lowest BCUT2D eigenvalue weighted by Crippen LogP contribution is -2.38. The molecule has 0 aromatic carbocycles. The molecule has 7 heteroatoms. The molecule has 2 heterocycles. The fourth-order valence-corrected chi connectivity index (χ4v) is 2.48. The van der Waals surface area contributed by atoms with Crippen LogP contribution in [-0.4, -0.2) is 28.6 Å². The van der Waals surface area contributed by atoms with Gasteiger partial charge < -0.3 is 15.2 Å². The first-order valence-corrected chi connectivity index (χ1v) is 7.70. The molecule has 0 fully saturated rings. The predicted octanol–water partition coefficient (Wildman–Crippen LogP) is 2.63. The largest absolute Gasteiger partial charge is 0.357 e. The summed E-state index contributed by atoms with van der Waals surface area (Å²) in [5.74, 6) is 0.840. The zero-order valence-electron chi connectivity index (χ0n) is 12.4. The van der Waals surface area contributed by atoms with Gasteiger partial charge in [0.1, 0.15) is 5.01 Å². The number of nitrogens with zero attached hydrogens (tertiary/aromatic N) is 3. The number of aryl methyl sites for hydroxylation is 1. The van der Waals surface area contributed by atoms with Crippen LogP contribution in [0.1, 0.15) is 17.6 Å². The number of hydrogen-bond donors (Lipinski definition) is 2. The molecular formula is C14H22IN5S. The highest BCUT2D eigenvalue weighted by Crippen LogP contribution is 2.09. The molecule has 0 radical (unpaired) electrons. The third-order valence-corrected chi connectivity index (χ3v) is 3.66. The minimum Gasteiger partial charge on any atom is -0.357 e. The highest BCUT2D eigenvalue weighted by molar-refractivity contribution is 14.0. The second-order valence-electron chi connectivity index (χ2n) is 4.43. The number of aromatic nitrogens is 2. The van der Waals surface area contributed by atoms with E-state index in [-0.39, 0.29) is 24.0 Å². The van der Waals surface area contributed by atoms with Gasteiger partial charge in [-0.05, 0) is 26.0 Å². The van der Waals surface area contributed by atoms with E-state index in [1.807, 2.05) is 19.1 Å². The fourth-order valence-electron chi connectivity index (χ4n) is 1.79. The van der Waals surface area contributed by atoms with Gasteiger partial charge in [-0.25, -0.2) is 9.98 Å². The van der Waals surface area contributed by atoms with Crippen molar-refractivity contribution >= 4 is 41.3 Å². The highest BCUT2D eigenvalue weighted by atomic mass is 127. The van der Waals surface area contributed by atoms with Crippen LogP contribution < -0.4 is 10.6 Å². The summed E-state index contributed by atoms with van der Waals surface area (Å²) in [5, 5.41) is 9.68. The van der Waals surface area contributed by atoms with E-state index in [0.29, 0.717) is 6.54 Å². The zero-order chi connectivity index (χ0) is 14.2. The topological polar surface area (TPSA) is 54.2 Å². The summed E-state index contributed by atoms with van der Waals surface area (Å²) in [6.45, 7) is 7.32. The van der Waals surface area contributed by atoms with E-state index in [1.165, 1.54) is 0 Å². The lowest BCUT2D eigenvalue weighted by Gasteiger charge is -2.11. The molecule has 0 saturated heterocycles. The summed E-state index contributed by atoms with van der Waals surface area (Å²) in [7, 11) is 0. The zero-order valence-corrected chi connectivity index (χ0v) is 15.5. The minimum atomic E-state index is 0. The third-order valence-electron chi connectivity index (χ3n) is 2.71. The molecule has 2 aromatic heterocycles. The Morgan fingerprint density at radius 3 is 2.71 bits per heavy atom. The standard InChI is InChI=1S/C14H21N5S.HI/c1-3-15-14(16-6-9-19-7-4-5-8-19)17-10-13-18-12(2)11-20-13;/h4-5,7-8,11H,3,6,9-10H2,1-2H3,(H2,15,16,17);1H. The van der Waals surface area contributed by atoms with Gasteiger partial charge in [0, 0.05) is 43.1 Å². The van der Waals surface area contributed by atoms with Crippen LogP contribution in [0, 0.1) is 6.92 Å². The molecule has 0 aliphatic heterocycles. The predicted molar refractivity (Wildman–Crippen MR) is 99.5 cm³/mol. The Morgan fingerprint density at radius 1 is 1.33 bits per heavy atom. The minimum absolute atomic E-state index is 0. The van der Waals surface area contributed by atoms with Crippen molar-refractivity contribution in [2.24, 2.45) is 4.99 Å². The van der Waals surface area contributed by atoms with Crippen molar-refractivity contribution in [3.8, 4) is 0 Å². The van der Waals surface area contributed by atoms with Gasteiger partial charge >= 0.3 is 0 Å². The molecule has 2 N–H and O–H groups in total. The molecule has 0 aliphatic rings. The number of aliphatic imine (C=N–C) groups is 1. The molecule has 21 heavy (non-hydrogen) atoms. The van der Waals surface area contributed by atoms with Gasteiger partial charge in [-0.2, -0.15) is 0 Å². The number of guanidine groups is 1. The van der Waals surface area contributed by atoms with Crippen LogP contribution >= 0.6 is 35.3 Å². The van der Waals surface area contributed by atoms with Crippen LogP contribution in [0.4, 0.5) is 0 Å². The van der Waals surface area contributed by atoms with E-state index in [9.17, 15) is 0 Å². The van der Waals surface area contributed by atoms with Crippen LogP contribution in [0.3, 0.4) is 0 Å². The Morgan fingerprint density at radius 2 is 2.10 bits per heavy atom. The molecule has 0 saturated carbocycles. The Balaban J connectivity index is 0.00000220. The fraction of sp³-hybridized carbons (Fsp3) is 0.429. The average molecular weight is 419 g/mol. The summed E-state index contributed by atoms with van der Waals surface area (Å²) < 4.78 is 2.14. The molecule has 0 bridgehead atoms. The Labute approximate surface area is 146 Å². The first-order valence-electron chi connectivity index (χ1n) is 6.82. The summed E-state index contributed by atoms with van der Waals surface area (Å²) in [5.41, 5.74) is 1.06. The second-order valence-corrected chi connectivity index (χ2v) is 5.37. The maximum Gasteiger partial charge on any atom is 0.191 e. The molecule has 5 nitrogen and oxygen atoms in total. The van der Waals surface area contributed by atoms with Crippen LogP contribution in [0.2, 0.25) is 0 Å². The first kappa shape index (κ1) is 18.0. The van der Waals surface area contributed by atoms with Gasteiger partial charge in [-0.3, -0.25) is 0 Å². The SMILES string of the molecule is CCNC(=NCc1nc(C)cs1)NCCn1cccc1.I. The second kappa shape index (κ2) is 9.78. The Hall–Kier alpha value is -1.09. The summed E-state index contributed by atoms with van der Waals surface area (Å²) >= 11 is 1.65. The average Bonchev–Trinajstić information content (AvgIpc) is 3.07. The number of thiazole rings is 1. The highest BCUT2D eigenvalue weighted by Gasteiger charge is 2.00. The van der Waals surface area contributed by atoms with Gasteiger partial charge in [0.15, 0.2) is 5.96 Å². The smallest absolute Gasteiger partial charge is 0.191 e. The van der Waals surface area contributed by atoms with Crippen LogP contribution in [-0.2, 0) is 13.1 Å². The van der Waals surface area contributed by atoms with Crippen molar-refractivity contribution in [3.63, 3.8) is 0 Å². The van der Waals surface area contributed by atoms with Crippen molar-refractivity contribution in [1.82, 2.24) is 20.2 Å². The number of hydrogen-bond acceptors (Lipinski definition) is 3. The van der Waals surface area contributed by atoms with E-state index in [1.54, 1.807) is 11.3 Å². The molecule has 2 aromatic rings. The summed E-state index contributed by atoms with van der Waals surface area (Å²) in [4.78, 5) is 8.96. The third kappa shape index (κ3) is 6.47. The van der Waals surface area contributed by atoms with Gasteiger partial charge in [-0.15, -0.1) is 35.3 Å². The molecule has 0 atom stereocenters. The van der Waals surface area contributed by atoms with Crippen molar-refractivity contribution in [3.05, 3.63) is 40.6 Å². The van der Waals surface area contributed by atoms with Crippen LogP contribution in [0.25, 0.3) is 0 Å². The molecule has 0 unspecified atom stereocenters. The van der Waals surface area contributed by atoms with Crippen molar-refractivity contribution in [2.45, 2.75) is 26.9 Å². The van der Waals surface area contributed by atoms with Crippen LogP contribution in [0.15, 0.2) is 34.9 Å². The number of rotatable bonds is 6. The molecule has 116 valence electrons. The van der Waals surface area contributed by atoms with E-state index in [2.05, 4.69) is 49.9 Å². The van der Waals surface area contributed by atoms with E-state index >= 15 is 0 Å². The Kier molecular flexibility index (Phi) is 8.36. The maximum atomic E-state index is 4.55. The van der Waals surface area contributed by atoms with E-state index in [0.717, 1.165) is 36.3 Å². The lowest BCUT2D eigenvalue weighted by atomic mass is 10.5. The lowest BCUT2D eigenvalue weighted by molar-refractivity contribution is 0.665. The van der Waals surface area contributed by atoms with Crippen molar-refractivity contribution < 1.29 is 0 Å². The van der Waals surface area contributed by atoms with Crippen LogP contribution in [0.5, 0.6) is 0 Å². The molecule has 0 aliphatic carbocycles. The Bertz CT molecular complexity index is 535. The molecule has 2 rings (SSSR count). The summed E-state index contributed by atoms with van der Waals surface area (Å²) in [6.07, 6.45) is 4.12. The number of halogens is 1.